The number of ether oxygens (including phenoxy) is 1. The van der Waals surface area contributed by atoms with Gasteiger partial charge in [-0.1, -0.05) is 26.7 Å². The first kappa shape index (κ1) is 12.4. The van der Waals surface area contributed by atoms with E-state index >= 15 is 0 Å². The molecule has 0 bridgehead atoms. The number of likely N-dealkylation sites (tertiary alicyclic amines) is 1. The smallest absolute Gasteiger partial charge is 0.0545 e. The lowest BCUT2D eigenvalue weighted by molar-refractivity contribution is -0.143. The van der Waals surface area contributed by atoms with Crippen LogP contribution in [0.2, 0.25) is 0 Å². The fourth-order valence-electron chi connectivity index (χ4n) is 3.13. The van der Waals surface area contributed by atoms with Crippen molar-refractivity contribution < 1.29 is 4.74 Å². The van der Waals surface area contributed by atoms with Crippen LogP contribution in [-0.2, 0) is 4.74 Å². The minimum atomic E-state index is 0.597. The summed E-state index contributed by atoms with van der Waals surface area (Å²) in [7, 11) is 0. The van der Waals surface area contributed by atoms with E-state index < -0.39 is 0 Å². The molecular formula is C14H27NO. The third kappa shape index (κ3) is 2.60. The van der Waals surface area contributed by atoms with Gasteiger partial charge >= 0.3 is 0 Å². The van der Waals surface area contributed by atoms with Gasteiger partial charge < -0.3 is 9.64 Å². The van der Waals surface area contributed by atoms with Gasteiger partial charge in [0.05, 0.1) is 13.2 Å². The zero-order valence-electron chi connectivity index (χ0n) is 11.0. The minimum Gasteiger partial charge on any atom is -0.380 e. The Labute approximate surface area is 100 Å². The maximum atomic E-state index is 5.38. The van der Waals surface area contributed by atoms with Crippen molar-refractivity contribution in [2.45, 2.75) is 58.4 Å². The van der Waals surface area contributed by atoms with Crippen LogP contribution in [-0.4, -0.2) is 37.2 Å². The van der Waals surface area contributed by atoms with Gasteiger partial charge in [0.25, 0.3) is 0 Å². The topological polar surface area (TPSA) is 12.5 Å². The SMILES string of the molecule is CCCCC(CC)N1CCC2(CC1)COC2. The Hall–Kier alpha value is -0.0800. The Bertz CT molecular complexity index is 203. The Morgan fingerprint density at radius 3 is 2.31 bits per heavy atom. The number of hydrogen-bond donors (Lipinski definition) is 0. The Morgan fingerprint density at radius 2 is 1.88 bits per heavy atom. The van der Waals surface area contributed by atoms with Crippen LogP contribution in [0.4, 0.5) is 0 Å². The molecule has 0 radical (unpaired) electrons. The molecule has 0 saturated carbocycles. The molecule has 2 aliphatic rings. The largest absolute Gasteiger partial charge is 0.380 e. The number of piperidine rings is 1. The molecule has 2 heterocycles. The van der Waals surface area contributed by atoms with Crippen molar-refractivity contribution in [3.05, 3.63) is 0 Å². The zero-order valence-corrected chi connectivity index (χ0v) is 11.0. The molecule has 0 aliphatic carbocycles. The standard InChI is InChI=1S/C14H27NO/c1-3-5-6-13(4-2)15-9-7-14(8-10-15)11-16-12-14/h13H,3-12H2,1-2H3. The molecule has 2 nitrogen and oxygen atoms in total. The Kier molecular flexibility index (Phi) is 4.26. The van der Waals surface area contributed by atoms with Gasteiger partial charge in [0.15, 0.2) is 0 Å². The van der Waals surface area contributed by atoms with Crippen LogP contribution in [0.5, 0.6) is 0 Å². The van der Waals surface area contributed by atoms with Crippen LogP contribution < -0.4 is 0 Å². The summed E-state index contributed by atoms with van der Waals surface area (Å²) in [5.41, 5.74) is 0.597. The van der Waals surface area contributed by atoms with Crippen LogP contribution in [0.3, 0.4) is 0 Å². The molecule has 2 aliphatic heterocycles. The highest BCUT2D eigenvalue weighted by Gasteiger charge is 2.41. The van der Waals surface area contributed by atoms with Crippen LogP contribution >= 0.6 is 0 Å². The highest BCUT2D eigenvalue weighted by molar-refractivity contribution is 4.92. The van der Waals surface area contributed by atoms with Crippen molar-refractivity contribution in [3.8, 4) is 0 Å². The molecule has 1 atom stereocenters. The van der Waals surface area contributed by atoms with Crippen LogP contribution in [0.15, 0.2) is 0 Å². The van der Waals surface area contributed by atoms with E-state index in [9.17, 15) is 0 Å². The van der Waals surface area contributed by atoms with E-state index in [1.54, 1.807) is 0 Å². The van der Waals surface area contributed by atoms with Crippen LogP contribution in [0.25, 0.3) is 0 Å². The van der Waals surface area contributed by atoms with Crippen LogP contribution in [0, 0.1) is 5.41 Å². The second-order valence-corrected chi connectivity index (χ2v) is 5.73. The quantitative estimate of drug-likeness (QED) is 0.713. The van der Waals surface area contributed by atoms with Crippen molar-refractivity contribution in [1.29, 1.82) is 0 Å². The first-order valence-corrected chi connectivity index (χ1v) is 7.11. The third-order valence-corrected chi connectivity index (χ3v) is 4.55. The molecule has 0 aromatic heterocycles. The van der Waals surface area contributed by atoms with E-state index in [0.717, 1.165) is 19.3 Å². The molecule has 2 heteroatoms. The molecule has 94 valence electrons. The third-order valence-electron chi connectivity index (χ3n) is 4.55. The highest BCUT2D eigenvalue weighted by atomic mass is 16.5. The monoisotopic (exact) mass is 225 g/mol. The molecule has 2 fully saturated rings. The highest BCUT2D eigenvalue weighted by Crippen LogP contribution is 2.39. The lowest BCUT2D eigenvalue weighted by Crippen LogP contribution is -2.52. The summed E-state index contributed by atoms with van der Waals surface area (Å²) < 4.78 is 5.38. The number of hydrogen-bond acceptors (Lipinski definition) is 2. The molecule has 2 rings (SSSR count). The second kappa shape index (κ2) is 5.50. The molecule has 16 heavy (non-hydrogen) atoms. The molecular weight excluding hydrogens is 198 g/mol. The van der Waals surface area contributed by atoms with Gasteiger partial charge in [-0.15, -0.1) is 0 Å². The normalized spacial score (nSPS) is 26.6. The minimum absolute atomic E-state index is 0.597. The van der Waals surface area contributed by atoms with Gasteiger partial charge in [0.2, 0.25) is 0 Å². The molecule has 0 aromatic rings. The fourth-order valence-corrected chi connectivity index (χ4v) is 3.13. The average molecular weight is 225 g/mol. The van der Waals surface area contributed by atoms with Crippen molar-refractivity contribution in [3.63, 3.8) is 0 Å². The maximum Gasteiger partial charge on any atom is 0.0545 e. The van der Waals surface area contributed by atoms with Gasteiger partial charge in [0.1, 0.15) is 0 Å². The summed E-state index contributed by atoms with van der Waals surface area (Å²) in [6, 6.07) is 0.846. The van der Waals surface area contributed by atoms with E-state index in [1.165, 1.54) is 51.6 Å². The second-order valence-electron chi connectivity index (χ2n) is 5.73. The summed E-state index contributed by atoms with van der Waals surface area (Å²) in [5, 5.41) is 0. The fraction of sp³-hybridized carbons (Fsp3) is 1.00. The van der Waals surface area contributed by atoms with Gasteiger partial charge in [-0.05, 0) is 38.8 Å². The van der Waals surface area contributed by atoms with Crippen molar-refractivity contribution >= 4 is 0 Å². The lowest BCUT2D eigenvalue weighted by Gasteiger charge is -2.49. The van der Waals surface area contributed by atoms with Crippen LogP contribution in [0.1, 0.15) is 52.4 Å². The first-order chi connectivity index (χ1) is 7.79. The molecule has 0 N–H and O–H groups in total. The van der Waals surface area contributed by atoms with Gasteiger partial charge in [-0.3, -0.25) is 0 Å². The molecule has 0 amide bonds. The van der Waals surface area contributed by atoms with E-state index in [0.29, 0.717) is 5.41 Å². The number of nitrogens with zero attached hydrogens (tertiary/aromatic N) is 1. The summed E-state index contributed by atoms with van der Waals surface area (Å²) in [4.78, 5) is 2.74. The molecule has 1 spiro atoms. The molecule has 2 saturated heterocycles. The Balaban J connectivity index is 1.77. The van der Waals surface area contributed by atoms with Crippen molar-refractivity contribution in [2.75, 3.05) is 26.3 Å². The molecule has 1 unspecified atom stereocenters. The van der Waals surface area contributed by atoms with E-state index in [4.69, 9.17) is 4.74 Å². The summed E-state index contributed by atoms with van der Waals surface area (Å²) in [5.74, 6) is 0. The number of unbranched alkanes of at least 4 members (excludes halogenated alkanes) is 1. The van der Waals surface area contributed by atoms with E-state index in [2.05, 4.69) is 18.7 Å². The average Bonchev–Trinajstić information content (AvgIpc) is 2.29. The number of rotatable bonds is 5. The lowest BCUT2D eigenvalue weighted by atomic mass is 9.76. The maximum absolute atomic E-state index is 5.38. The van der Waals surface area contributed by atoms with Gasteiger partial charge in [-0.2, -0.15) is 0 Å². The van der Waals surface area contributed by atoms with Crippen molar-refractivity contribution in [1.82, 2.24) is 4.90 Å². The van der Waals surface area contributed by atoms with Crippen molar-refractivity contribution in [2.24, 2.45) is 5.41 Å². The van der Waals surface area contributed by atoms with Gasteiger partial charge in [-0.25, -0.2) is 0 Å². The van der Waals surface area contributed by atoms with E-state index in [-0.39, 0.29) is 0 Å². The summed E-state index contributed by atoms with van der Waals surface area (Å²) in [6.45, 7) is 9.33. The predicted octanol–water partition coefficient (Wildman–Crippen LogP) is 3.07. The van der Waals surface area contributed by atoms with E-state index in [1.807, 2.05) is 0 Å². The zero-order chi connectivity index (χ0) is 11.4. The molecule has 0 aromatic carbocycles. The summed E-state index contributed by atoms with van der Waals surface area (Å²) in [6.07, 6.45) is 8.19. The Morgan fingerprint density at radius 1 is 1.19 bits per heavy atom. The predicted molar refractivity (Wildman–Crippen MR) is 67.7 cm³/mol. The summed E-state index contributed by atoms with van der Waals surface area (Å²) >= 11 is 0. The first-order valence-electron chi connectivity index (χ1n) is 7.11. The van der Waals surface area contributed by atoms with Gasteiger partial charge in [0, 0.05) is 11.5 Å².